The minimum Gasteiger partial charge on any atom is -0.368 e. The first kappa shape index (κ1) is 12.7. The maximum atomic E-state index is 11.0. The van der Waals surface area contributed by atoms with Crippen molar-refractivity contribution in [3.8, 4) is 0 Å². The Labute approximate surface area is 96.8 Å². The van der Waals surface area contributed by atoms with Gasteiger partial charge in [0, 0.05) is 18.0 Å². The van der Waals surface area contributed by atoms with Crippen LogP contribution in [0.4, 0.5) is 0 Å². The molecule has 6 nitrogen and oxygen atoms in total. The fourth-order valence-corrected chi connectivity index (χ4v) is 1.94. The number of rotatable bonds is 5. The third kappa shape index (κ3) is 3.67. The van der Waals surface area contributed by atoms with Crippen molar-refractivity contribution in [1.29, 1.82) is 0 Å². The Morgan fingerprint density at radius 1 is 1.69 bits per heavy atom. The minimum absolute atomic E-state index is 0.206. The van der Waals surface area contributed by atoms with Gasteiger partial charge in [-0.2, -0.15) is 0 Å². The number of primary amides is 1. The standard InChI is InChI=1S/C9H14N4O2S/c1-9(11,7(10)15)3-5-16-8-12-4-2-6(14)13-8/h2,4H,3,5,11H2,1H3,(H2,10,15)(H,12,13,14). The van der Waals surface area contributed by atoms with Crippen LogP contribution in [0.15, 0.2) is 22.2 Å². The van der Waals surface area contributed by atoms with Crippen LogP contribution < -0.4 is 17.0 Å². The number of nitrogens with one attached hydrogen (secondary N) is 1. The van der Waals surface area contributed by atoms with E-state index in [0.29, 0.717) is 17.3 Å². The summed E-state index contributed by atoms with van der Waals surface area (Å²) in [5.41, 5.74) is 9.57. The van der Waals surface area contributed by atoms with Gasteiger partial charge >= 0.3 is 0 Å². The molecular formula is C9H14N4O2S. The van der Waals surface area contributed by atoms with Gasteiger partial charge in [-0.25, -0.2) is 4.98 Å². The minimum atomic E-state index is -1.03. The predicted molar refractivity (Wildman–Crippen MR) is 62.0 cm³/mol. The van der Waals surface area contributed by atoms with Gasteiger partial charge in [0.05, 0.1) is 5.54 Å². The molecule has 0 fully saturated rings. The lowest BCUT2D eigenvalue weighted by Crippen LogP contribution is -2.49. The Balaban J connectivity index is 2.48. The molecule has 7 heteroatoms. The van der Waals surface area contributed by atoms with Crippen LogP contribution in [0.3, 0.4) is 0 Å². The number of hydrogen-bond acceptors (Lipinski definition) is 5. The van der Waals surface area contributed by atoms with Gasteiger partial charge < -0.3 is 16.5 Å². The van der Waals surface area contributed by atoms with E-state index in [1.807, 2.05) is 0 Å². The topological polar surface area (TPSA) is 115 Å². The lowest BCUT2D eigenvalue weighted by Gasteiger charge is -2.19. The van der Waals surface area contributed by atoms with E-state index >= 15 is 0 Å². The zero-order chi connectivity index (χ0) is 12.2. The number of carbonyl (C=O) groups is 1. The van der Waals surface area contributed by atoms with Gasteiger partial charge in [0.25, 0.3) is 5.56 Å². The quantitative estimate of drug-likeness (QED) is 0.473. The first-order chi connectivity index (χ1) is 7.42. The second kappa shape index (κ2) is 5.13. The SMILES string of the molecule is CC(N)(CCSc1nccc(=O)[nH]1)C(N)=O. The van der Waals surface area contributed by atoms with Gasteiger partial charge in [-0.1, -0.05) is 11.8 Å². The van der Waals surface area contributed by atoms with Crippen LogP contribution in [0.1, 0.15) is 13.3 Å². The van der Waals surface area contributed by atoms with E-state index < -0.39 is 11.4 Å². The number of nitrogens with two attached hydrogens (primary N) is 2. The van der Waals surface area contributed by atoms with E-state index in [4.69, 9.17) is 11.5 Å². The molecule has 88 valence electrons. The molecule has 0 saturated carbocycles. The van der Waals surface area contributed by atoms with Gasteiger partial charge in [-0.3, -0.25) is 9.59 Å². The third-order valence-corrected chi connectivity index (χ3v) is 2.96. The average Bonchev–Trinajstić information content (AvgIpc) is 2.17. The molecule has 1 aromatic heterocycles. The summed E-state index contributed by atoms with van der Waals surface area (Å²) in [6, 6.07) is 1.33. The molecule has 0 spiro atoms. The van der Waals surface area contributed by atoms with Gasteiger partial charge in [-0.05, 0) is 13.3 Å². The monoisotopic (exact) mass is 242 g/mol. The van der Waals surface area contributed by atoms with Crippen LogP contribution in [0.5, 0.6) is 0 Å². The number of thioether (sulfide) groups is 1. The Morgan fingerprint density at radius 2 is 2.38 bits per heavy atom. The summed E-state index contributed by atoms with van der Waals surface area (Å²) in [5, 5.41) is 0.507. The molecule has 1 atom stereocenters. The Kier molecular flexibility index (Phi) is 4.08. The fraction of sp³-hybridized carbons (Fsp3) is 0.444. The molecule has 0 aliphatic heterocycles. The van der Waals surface area contributed by atoms with Crippen molar-refractivity contribution >= 4 is 17.7 Å². The van der Waals surface area contributed by atoms with E-state index in [1.165, 1.54) is 24.0 Å². The van der Waals surface area contributed by atoms with Crippen LogP contribution in [0.2, 0.25) is 0 Å². The number of H-pyrrole nitrogens is 1. The Morgan fingerprint density at radius 3 is 2.94 bits per heavy atom. The summed E-state index contributed by atoms with van der Waals surface area (Å²) in [6.07, 6.45) is 1.85. The fourth-order valence-electron chi connectivity index (χ4n) is 0.908. The van der Waals surface area contributed by atoms with Crippen molar-refractivity contribution in [2.45, 2.75) is 24.0 Å². The lowest BCUT2D eigenvalue weighted by molar-refractivity contribution is -0.122. The molecule has 0 aromatic carbocycles. The average molecular weight is 242 g/mol. The molecule has 5 N–H and O–H groups in total. The maximum Gasteiger partial charge on any atom is 0.251 e. The first-order valence-electron chi connectivity index (χ1n) is 4.69. The number of carbonyl (C=O) groups excluding carboxylic acids is 1. The molecule has 0 aliphatic rings. The summed E-state index contributed by atoms with van der Waals surface area (Å²) in [7, 11) is 0. The van der Waals surface area contributed by atoms with Crippen molar-refractivity contribution in [1.82, 2.24) is 9.97 Å². The van der Waals surface area contributed by atoms with E-state index in [1.54, 1.807) is 6.92 Å². The number of aromatic nitrogens is 2. The molecule has 1 aromatic rings. The third-order valence-electron chi connectivity index (χ3n) is 2.07. The van der Waals surface area contributed by atoms with E-state index in [-0.39, 0.29) is 5.56 Å². The highest BCUT2D eigenvalue weighted by Crippen LogP contribution is 2.15. The van der Waals surface area contributed by atoms with E-state index in [9.17, 15) is 9.59 Å². The molecule has 16 heavy (non-hydrogen) atoms. The summed E-state index contributed by atoms with van der Waals surface area (Å²) < 4.78 is 0. The molecule has 1 rings (SSSR count). The van der Waals surface area contributed by atoms with Crippen molar-refractivity contribution in [3.05, 3.63) is 22.6 Å². The van der Waals surface area contributed by atoms with Crippen molar-refractivity contribution in [2.24, 2.45) is 11.5 Å². The molecule has 1 unspecified atom stereocenters. The second-order valence-corrected chi connectivity index (χ2v) is 4.70. The molecule has 0 bridgehead atoms. The van der Waals surface area contributed by atoms with Crippen molar-refractivity contribution in [2.75, 3.05) is 5.75 Å². The van der Waals surface area contributed by atoms with E-state index in [2.05, 4.69) is 9.97 Å². The van der Waals surface area contributed by atoms with Crippen LogP contribution in [0, 0.1) is 0 Å². The zero-order valence-corrected chi connectivity index (χ0v) is 9.71. The number of amides is 1. The second-order valence-electron chi connectivity index (χ2n) is 3.62. The van der Waals surface area contributed by atoms with Gasteiger partial charge in [0.1, 0.15) is 0 Å². The predicted octanol–water partition coefficient (Wildman–Crippen LogP) is -0.545. The highest BCUT2D eigenvalue weighted by atomic mass is 32.2. The largest absolute Gasteiger partial charge is 0.368 e. The molecule has 0 aliphatic carbocycles. The highest BCUT2D eigenvalue weighted by Gasteiger charge is 2.24. The lowest BCUT2D eigenvalue weighted by atomic mass is 10.0. The van der Waals surface area contributed by atoms with Crippen LogP contribution in [0.25, 0.3) is 0 Å². The van der Waals surface area contributed by atoms with Crippen LogP contribution >= 0.6 is 11.8 Å². The molecule has 1 amide bonds. The molecular weight excluding hydrogens is 228 g/mol. The van der Waals surface area contributed by atoms with Crippen molar-refractivity contribution < 1.29 is 4.79 Å². The van der Waals surface area contributed by atoms with Gasteiger partial charge in [-0.15, -0.1) is 0 Å². The molecule has 0 saturated heterocycles. The van der Waals surface area contributed by atoms with Crippen LogP contribution in [-0.2, 0) is 4.79 Å². The first-order valence-corrected chi connectivity index (χ1v) is 5.67. The maximum absolute atomic E-state index is 11.0. The highest BCUT2D eigenvalue weighted by molar-refractivity contribution is 7.99. The molecule has 1 heterocycles. The van der Waals surface area contributed by atoms with Gasteiger partial charge in [0.15, 0.2) is 5.16 Å². The summed E-state index contributed by atoms with van der Waals surface area (Å²) in [6.45, 7) is 1.58. The molecule has 0 radical (unpaired) electrons. The number of hydrogen-bond donors (Lipinski definition) is 3. The normalized spacial score (nSPS) is 14.4. The Bertz CT molecular complexity index is 430. The summed E-state index contributed by atoms with van der Waals surface area (Å²) in [5.74, 6) is 0.0192. The number of aromatic amines is 1. The van der Waals surface area contributed by atoms with Crippen LogP contribution in [-0.4, -0.2) is 27.2 Å². The summed E-state index contributed by atoms with van der Waals surface area (Å²) >= 11 is 1.32. The summed E-state index contributed by atoms with van der Waals surface area (Å²) in [4.78, 5) is 28.4. The van der Waals surface area contributed by atoms with Crippen molar-refractivity contribution in [3.63, 3.8) is 0 Å². The van der Waals surface area contributed by atoms with Gasteiger partial charge in [0.2, 0.25) is 5.91 Å². The number of nitrogens with zero attached hydrogens (tertiary/aromatic N) is 1. The smallest absolute Gasteiger partial charge is 0.251 e. The Hall–Kier alpha value is -1.34. The zero-order valence-electron chi connectivity index (χ0n) is 8.90. The van der Waals surface area contributed by atoms with E-state index in [0.717, 1.165) is 0 Å².